The Morgan fingerprint density at radius 1 is 1.04 bits per heavy atom. The van der Waals surface area contributed by atoms with E-state index < -0.39 is 29.6 Å². The molecule has 23 heavy (non-hydrogen) atoms. The number of hydrogen-bond donors (Lipinski definition) is 3. The highest BCUT2D eigenvalue weighted by molar-refractivity contribution is 6.33. The molecule has 1 saturated carbocycles. The van der Waals surface area contributed by atoms with Crippen molar-refractivity contribution in [1.82, 2.24) is 10.9 Å². The topological polar surface area (TPSA) is 95.5 Å². The van der Waals surface area contributed by atoms with E-state index in [2.05, 4.69) is 10.9 Å². The van der Waals surface area contributed by atoms with E-state index in [1.54, 1.807) is 18.2 Å². The molecule has 3 N–H and O–H groups in total. The first-order valence-corrected chi connectivity index (χ1v) is 7.62. The molecule has 2 amide bonds. The second-order valence-electron chi connectivity index (χ2n) is 5.76. The number of hydrogen-bond acceptors (Lipinski definition) is 3. The van der Waals surface area contributed by atoms with Crippen molar-refractivity contribution in [2.24, 2.45) is 23.7 Å². The standard InChI is InChI=1S/C16H15ClN2O4/c17-11-4-2-1-3-10(11)14(20)18-19-15(21)12-8-5-6-9(7-8)13(12)16(22)23/h1-6,8-9,12-13H,7H2,(H,18,20)(H,19,21)(H,22,23). The Bertz CT molecular complexity index is 703. The van der Waals surface area contributed by atoms with Gasteiger partial charge in [0.1, 0.15) is 0 Å². The highest BCUT2D eigenvalue weighted by atomic mass is 35.5. The van der Waals surface area contributed by atoms with E-state index in [0.29, 0.717) is 6.42 Å². The maximum Gasteiger partial charge on any atom is 0.307 e. The normalized spacial score (nSPS) is 27.7. The van der Waals surface area contributed by atoms with Gasteiger partial charge in [-0.1, -0.05) is 35.9 Å². The highest BCUT2D eigenvalue weighted by Crippen LogP contribution is 2.48. The van der Waals surface area contributed by atoms with Crippen LogP contribution < -0.4 is 10.9 Å². The van der Waals surface area contributed by atoms with Crippen molar-refractivity contribution in [1.29, 1.82) is 0 Å². The largest absolute Gasteiger partial charge is 0.481 e. The van der Waals surface area contributed by atoms with Crippen LogP contribution in [0.2, 0.25) is 5.02 Å². The number of allylic oxidation sites excluding steroid dienone is 2. The van der Waals surface area contributed by atoms with E-state index in [-0.39, 0.29) is 22.4 Å². The third kappa shape index (κ3) is 2.82. The molecule has 1 aromatic rings. The van der Waals surface area contributed by atoms with Gasteiger partial charge in [-0.3, -0.25) is 25.2 Å². The van der Waals surface area contributed by atoms with Gasteiger partial charge in [-0.2, -0.15) is 0 Å². The lowest BCUT2D eigenvalue weighted by molar-refractivity contribution is -0.148. The molecule has 0 aromatic heterocycles. The summed E-state index contributed by atoms with van der Waals surface area (Å²) in [5, 5.41) is 9.60. The average molecular weight is 335 g/mol. The predicted octanol–water partition coefficient (Wildman–Crippen LogP) is 1.62. The monoisotopic (exact) mass is 334 g/mol. The van der Waals surface area contributed by atoms with Gasteiger partial charge in [0.25, 0.3) is 5.91 Å². The number of carboxylic acid groups (broad SMARTS) is 1. The third-order valence-corrected chi connectivity index (χ3v) is 4.79. The van der Waals surface area contributed by atoms with Gasteiger partial charge in [0.05, 0.1) is 22.4 Å². The van der Waals surface area contributed by atoms with Gasteiger partial charge in [0, 0.05) is 0 Å². The third-order valence-electron chi connectivity index (χ3n) is 4.46. The molecule has 2 bridgehead atoms. The zero-order valence-corrected chi connectivity index (χ0v) is 12.8. The molecule has 1 aromatic carbocycles. The number of carbonyl (C=O) groups is 3. The van der Waals surface area contributed by atoms with E-state index in [9.17, 15) is 19.5 Å². The van der Waals surface area contributed by atoms with Crippen molar-refractivity contribution in [3.05, 3.63) is 47.0 Å². The summed E-state index contributed by atoms with van der Waals surface area (Å²) >= 11 is 5.92. The SMILES string of the molecule is O=C(NNC(=O)C1C2C=CC(C2)C1C(=O)O)c1ccccc1Cl. The maximum absolute atomic E-state index is 12.3. The van der Waals surface area contributed by atoms with Crippen LogP contribution in [-0.2, 0) is 9.59 Å². The first kappa shape index (κ1) is 15.6. The Morgan fingerprint density at radius 2 is 1.70 bits per heavy atom. The Morgan fingerprint density at radius 3 is 2.35 bits per heavy atom. The number of nitrogens with one attached hydrogen (secondary N) is 2. The summed E-state index contributed by atoms with van der Waals surface area (Å²) in [6.07, 6.45) is 4.40. The van der Waals surface area contributed by atoms with Crippen molar-refractivity contribution in [3.8, 4) is 0 Å². The lowest BCUT2D eigenvalue weighted by Crippen LogP contribution is -2.48. The number of carbonyl (C=O) groups excluding carboxylic acids is 2. The molecule has 1 fully saturated rings. The van der Waals surface area contributed by atoms with Crippen LogP contribution in [0.15, 0.2) is 36.4 Å². The zero-order valence-electron chi connectivity index (χ0n) is 12.0. The first-order chi connectivity index (χ1) is 11.0. The Hall–Kier alpha value is -2.34. The van der Waals surface area contributed by atoms with Crippen LogP contribution in [0.3, 0.4) is 0 Å². The number of fused-ring (bicyclic) bond motifs is 2. The lowest BCUT2D eigenvalue weighted by atomic mass is 9.82. The molecule has 4 unspecified atom stereocenters. The van der Waals surface area contributed by atoms with Gasteiger partial charge >= 0.3 is 5.97 Å². The van der Waals surface area contributed by atoms with Crippen molar-refractivity contribution >= 4 is 29.4 Å². The highest BCUT2D eigenvalue weighted by Gasteiger charge is 2.51. The fraction of sp³-hybridized carbons (Fsp3) is 0.312. The van der Waals surface area contributed by atoms with Gasteiger partial charge in [0.15, 0.2) is 0 Å². The summed E-state index contributed by atoms with van der Waals surface area (Å²) in [4.78, 5) is 35.7. The van der Waals surface area contributed by atoms with Gasteiger partial charge in [-0.15, -0.1) is 0 Å². The van der Waals surface area contributed by atoms with E-state index in [4.69, 9.17) is 11.6 Å². The number of carboxylic acids is 1. The summed E-state index contributed by atoms with van der Waals surface area (Å²) < 4.78 is 0. The fourth-order valence-corrected chi connectivity index (χ4v) is 3.65. The van der Waals surface area contributed by atoms with Gasteiger partial charge < -0.3 is 5.11 Å². The molecule has 7 heteroatoms. The van der Waals surface area contributed by atoms with Crippen LogP contribution in [0.25, 0.3) is 0 Å². The second kappa shape index (κ2) is 6.04. The van der Waals surface area contributed by atoms with Crippen molar-refractivity contribution in [3.63, 3.8) is 0 Å². The minimum atomic E-state index is -0.987. The van der Waals surface area contributed by atoms with Crippen molar-refractivity contribution in [2.75, 3.05) is 0 Å². The van der Waals surface area contributed by atoms with Gasteiger partial charge in [-0.25, -0.2) is 0 Å². The molecule has 120 valence electrons. The Kier molecular flexibility index (Phi) is 4.09. The molecule has 0 aliphatic heterocycles. The quantitative estimate of drug-likeness (QED) is 0.578. The van der Waals surface area contributed by atoms with Crippen LogP contribution >= 0.6 is 11.6 Å². The molecular formula is C16H15ClN2O4. The van der Waals surface area contributed by atoms with Crippen molar-refractivity contribution < 1.29 is 19.5 Å². The lowest BCUT2D eigenvalue weighted by Gasteiger charge is -2.23. The van der Waals surface area contributed by atoms with Crippen LogP contribution in [0.1, 0.15) is 16.8 Å². The maximum atomic E-state index is 12.3. The molecule has 0 spiro atoms. The summed E-state index contributed by atoms with van der Waals surface area (Å²) in [7, 11) is 0. The van der Waals surface area contributed by atoms with Crippen molar-refractivity contribution in [2.45, 2.75) is 6.42 Å². The smallest absolute Gasteiger partial charge is 0.307 e. The number of aliphatic carboxylic acids is 1. The Labute approximate surface area is 137 Å². The first-order valence-electron chi connectivity index (χ1n) is 7.25. The summed E-state index contributed by atoms with van der Waals surface area (Å²) in [5.41, 5.74) is 4.85. The number of benzene rings is 1. The van der Waals surface area contributed by atoms with E-state index in [1.807, 2.05) is 12.2 Å². The minimum absolute atomic E-state index is 0.0988. The molecule has 0 heterocycles. The van der Waals surface area contributed by atoms with Gasteiger partial charge in [-0.05, 0) is 30.4 Å². The molecule has 4 atom stereocenters. The minimum Gasteiger partial charge on any atom is -0.481 e. The summed E-state index contributed by atoms with van der Waals surface area (Å²) in [5.74, 6) is -3.66. The van der Waals surface area contributed by atoms with Crippen LogP contribution in [-0.4, -0.2) is 22.9 Å². The molecular weight excluding hydrogens is 320 g/mol. The molecule has 2 aliphatic carbocycles. The fourth-order valence-electron chi connectivity index (χ4n) is 3.43. The second-order valence-corrected chi connectivity index (χ2v) is 6.17. The molecule has 6 nitrogen and oxygen atoms in total. The summed E-state index contributed by atoms with van der Waals surface area (Å²) in [6.45, 7) is 0. The van der Waals surface area contributed by atoms with E-state index in [1.165, 1.54) is 6.07 Å². The zero-order chi connectivity index (χ0) is 16.6. The number of rotatable bonds is 3. The number of halogens is 1. The summed E-state index contributed by atoms with van der Waals surface area (Å²) in [6, 6.07) is 6.45. The molecule has 3 rings (SSSR count). The molecule has 0 saturated heterocycles. The molecule has 0 radical (unpaired) electrons. The van der Waals surface area contributed by atoms with Crippen LogP contribution in [0.5, 0.6) is 0 Å². The number of hydrazine groups is 1. The van der Waals surface area contributed by atoms with E-state index in [0.717, 1.165) is 0 Å². The number of amides is 2. The van der Waals surface area contributed by atoms with Crippen LogP contribution in [0.4, 0.5) is 0 Å². The van der Waals surface area contributed by atoms with Gasteiger partial charge in [0.2, 0.25) is 5.91 Å². The Balaban J connectivity index is 1.66. The van der Waals surface area contributed by atoms with E-state index >= 15 is 0 Å². The average Bonchev–Trinajstić information content (AvgIpc) is 3.13. The molecule has 2 aliphatic rings. The predicted molar refractivity (Wildman–Crippen MR) is 82.4 cm³/mol. The van der Waals surface area contributed by atoms with Crippen LogP contribution in [0, 0.1) is 23.7 Å².